The summed E-state index contributed by atoms with van der Waals surface area (Å²) < 4.78 is 10.6. The maximum absolute atomic E-state index is 12.7. The van der Waals surface area contributed by atoms with Crippen LogP contribution < -0.4 is 5.32 Å². The summed E-state index contributed by atoms with van der Waals surface area (Å²) in [4.78, 5) is 37.9. The quantitative estimate of drug-likeness (QED) is 0.815. The average Bonchev–Trinajstić information content (AvgIpc) is 3.38. The van der Waals surface area contributed by atoms with E-state index in [0.717, 1.165) is 0 Å². The lowest BCUT2D eigenvalue weighted by Crippen LogP contribution is -2.45. The van der Waals surface area contributed by atoms with Gasteiger partial charge in [0.1, 0.15) is 23.1 Å². The van der Waals surface area contributed by atoms with Gasteiger partial charge in [-0.2, -0.15) is 0 Å². The molecule has 0 bridgehead atoms. The largest absolute Gasteiger partial charge is 0.478 e. The average molecular weight is 360 g/mol. The molecule has 26 heavy (non-hydrogen) atoms. The Kier molecular flexibility index (Phi) is 5.11. The van der Waals surface area contributed by atoms with E-state index in [0.29, 0.717) is 31.6 Å². The van der Waals surface area contributed by atoms with Gasteiger partial charge >= 0.3 is 5.97 Å². The minimum absolute atomic E-state index is 0.0196. The lowest BCUT2D eigenvalue weighted by atomic mass is 10.2. The van der Waals surface area contributed by atoms with Crippen LogP contribution in [0, 0.1) is 0 Å². The number of hydrogen-bond acceptors (Lipinski definition) is 5. The zero-order valence-electron chi connectivity index (χ0n) is 14.4. The fraction of sp³-hybridized carbons (Fsp3) is 0.389. The third kappa shape index (κ3) is 3.49. The smallest absolute Gasteiger partial charge is 0.339 e. The highest BCUT2D eigenvalue weighted by Gasteiger charge is 2.36. The van der Waals surface area contributed by atoms with Gasteiger partial charge in [-0.05, 0) is 25.0 Å². The standard InChI is InChI=1S/C18H20N2O6/c1-2-14-12(18(23)24)9-15(26-14)17(22)20-7-3-6-13(20)16(21)19-10-11-5-4-8-25-11/h4-5,8-9,13H,2-3,6-7,10H2,1H3,(H,19,21)(H,23,24). The van der Waals surface area contributed by atoms with Crippen LogP contribution in [0.2, 0.25) is 0 Å². The number of carbonyl (C=O) groups is 3. The first-order valence-corrected chi connectivity index (χ1v) is 8.48. The Morgan fingerprint density at radius 2 is 2.19 bits per heavy atom. The van der Waals surface area contributed by atoms with Crippen LogP contribution in [0.1, 0.15) is 52.2 Å². The van der Waals surface area contributed by atoms with Gasteiger partial charge in [0.15, 0.2) is 5.76 Å². The van der Waals surface area contributed by atoms with Gasteiger partial charge in [-0.3, -0.25) is 9.59 Å². The summed E-state index contributed by atoms with van der Waals surface area (Å²) in [6, 6.07) is 4.11. The molecule has 1 unspecified atom stereocenters. The fourth-order valence-corrected chi connectivity index (χ4v) is 3.11. The molecule has 2 amide bonds. The Hall–Kier alpha value is -3.03. The van der Waals surface area contributed by atoms with Crippen LogP contribution in [0.3, 0.4) is 0 Å². The second-order valence-corrected chi connectivity index (χ2v) is 6.06. The highest BCUT2D eigenvalue weighted by atomic mass is 16.4. The van der Waals surface area contributed by atoms with Gasteiger partial charge in [0.25, 0.3) is 5.91 Å². The molecule has 2 aromatic heterocycles. The number of nitrogens with zero attached hydrogens (tertiary/aromatic N) is 1. The Morgan fingerprint density at radius 3 is 2.81 bits per heavy atom. The highest BCUT2D eigenvalue weighted by molar-refractivity contribution is 5.98. The summed E-state index contributed by atoms with van der Waals surface area (Å²) in [6.07, 6.45) is 3.12. The Bertz CT molecular complexity index is 808. The molecule has 1 aliphatic rings. The van der Waals surface area contributed by atoms with Crippen molar-refractivity contribution in [1.82, 2.24) is 10.2 Å². The summed E-state index contributed by atoms with van der Waals surface area (Å²) >= 11 is 0. The number of hydrogen-bond donors (Lipinski definition) is 2. The minimum Gasteiger partial charge on any atom is -0.478 e. The van der Waals surface area contributed by atoms with E-state index >= 15 is 0 Å². The van der Waals surface area contributed by atoms with E-state index in [1.807, 2.05) is 0 Å². The molecule has 8 heteroatoms. The van der Waals surface area contributed by atoms with E-state index in [9.17, 15) is 19.5 Å². The van der Waals surface area contributed by atoms with Crippen LogP contribution >= 0.6 is 0 Å². The second-order valence-electron chi connectivity index (χ2n) is 6.06. The van der Waals surface area contributed by atoms with Crippen molar-refractivity contribution in [2.24, 2.45) is 0 Å². The molecule has 2 N–H and O–H groups in total. The highest BCUT2D eigenvalue weighted by Crippen LogP contribution is 2.24. The molecule has 0 aliphatic carbocycles. The van der Waals surface area contributed by atoms with Crippen molar-refractivity contribution in [2.45, 2.75) is 38.8 Å². The third-order valence-corrected chi connectivity index (χ3v) is 4.40. The topological polar surface area (TPSA) is 113 Å². The number of likely N-dealkylation sites (tertiary alicyclic amines) is 1. The molecule has 3 heterocycles. The summed E-state index contributed by atoms with van der Waals surface area (Å²) in [7, 11) is 0. The van der Waals surface area contributed by atoms with Crippen molar-refractivity contribution < 1.29 is 28.3 Å². The number of furan rings is 2. The monoisotopic (exact) mass is 360 g/mol. The Morgan fingerprint density at radius 1 is 1.38 bits per heavy atom. The maximum atomic E-state index is 12.7. The van der Waals surface area contributed by atoms with E-state index < -0.39 is 17.9 Å². The lowest BCUT2D eigenvalue weighted by molar-refractivity contribution is -0.125. The number of nitrogens with one attached hydrogen (secondary N) is 1. The van der Waals surface area contributed by atoms with Crippen molar-refractivity contribution in [2.75, 3.05) is 6.54 Å². The number of rotatable bonds is 6. The predicted octanol–water partition coefficient (Wildman–Crippen LogP) is 2.05. The van der Waals surface area contributed by atoms with Crippen LogP contribution in [0.25, 0.3) is 0 Å². The van der Waals surface area contributed by atoms with Crippen LogP contribution in [0.15, 0.2) is 33.3 Å². The van der Waals surface area contributed by atoms with Gasteiger partial charge in [0.2, 0.25) is 5.91 Å². The molecular formula is C18H20N2O6. The fourth-order valence-electron chi connectivity index (χ4n) is 3.11. The number of aromatic carboxylic acids is 1. The van der Waals surface area contributed by atoms with Gasteiger partial charge in [-0.1, -0.05) is 6.92 Å². The van der Waals surface area contributed by atoms with Crippen molar-refractivity contribution in [1.29, 1.82) is 0 Å². The summed E-state index contributed by atoms with van der Waals surface area (Å²) in [5, 5.41) is 12.0. The molecule has 1 saturated heterocycles. The SMILES string of the molecule is CCc1oc(C(=O)N2CCCC2C(=O)NCc2ccco2)cc1C(=O)O. The summed E-state index contributed by atoms with van der Waals surface area (Å²) in [5.41, 5.74) is -0.0196. The van der Waals surface area contributed by atoms with Gasteiger partial charge in [-0.15, -0.1) is 0 Å². The molecule has 0 saturated carbocycles. The number of carboxylic acid groups (broad SMARTS) is 1. The van der Waals surface area contributed by atoms with Crippen LogP contribution in [-0.4, -0.2) is 40.4 Å². The molecule has 0 radical (unpaired) electrons. The Labute approximate surface area is 149 Å². The van der Waals surface area contributed by atoms with Crippen molar-refractivity contribution in [3.05, 3.63) is 47.3 Å². The molecule has 1 aliphatic heterocycles. The first-order valence-electron chi connectivity index (χ1n) is 8.48. The van der Waals surface area contributed by atoms with E-state index in [1.54, 1.807) is 19.1 Å². The molecule has 1 atom stereocenters. The summed E-state index contributed by atoms with van der Waals surface area (Å²) in [6.45, 7) is 2.41. The van der Waals surface area contributed by atoms with E-state index in [4.69, 9.17) is 8.83 Å². The summed E-state index contributed by atoms with van der Waals surface area (Å²) in [5.74, 6) is -1.06. The van der Waals surface area contributed by atoms with E-state index in [2.05, 4.69) is 5.32 Å². The van der Waals surface area contributed by atoms with Gasteiger partial charge in [0.05, 0.1) is 12.8 Å². The number of amides is 2. The van der Waals surface area contributed by atoms with Gasteiger partial charge < -0.3 is 24.2 Å². The normalized spacial score (nSPS) is 16.7. The van der Waals surface area contributed by atoms with Crippen molar-refractivity contribution in [3.63, 3.8) is 0 Å². The molecule has 8 nitrogen and oxygen atoms in total. The van der Waals surface area contributed by atoms with Crippen LogP contribution in [0.5, 0.6) is 0 Å². The van der Waals surface area contributed by atoms with Gasteiger partial charge in [0, 0.05) is 19.0 Å². The lowest BCUT2D eigenvalue weighted by Gasteiger charge is -2.22. The molecule has 2 aromatic rings. The third-order valence-electron chi connectivity index (χ3n) is 4.40. The van der Waals surface area contributed by atoms with Crippen LogP contribution in [0.4, 0.5) is 0 Å². The predicted molar refractivity (Wildman–Crippen MR) is 89.7 cm³/mol. The van der Waals surface area contributed by atoms with Crippen molar-refractivity contribution >= 4 is 17.8 Å². The molecular weight excluding hydrogens is 340 g/mol. The van der Waals surface area contributed by atoms with Crippen LogP contribution in [-0.2, 0) is 17.8 Å². The molecule has 0 aromatic carbocycles. The first kappa shape index (κ1) is 17.8. The first-order chi connectivity index (χ1) is 12.5. The van der Waals surface area contributed by atoms with Crippen molar-refractivity contribution in [3.8, 4) is 0 Å². The number of aryl methyl sites for hydroxylation is 1. The van der Waals surface area contributed by atoms with Gasteiger partial charge in [-0.25, -0.2) is 4.79 Å². The molecule has 1 fully saturated rings. The zero-order valence-corrected chi connectivity index (χ0v) is 14.4. The molecule has 0 spiro atoms. The molecule has 138 valence electrons. The number of carbonyl (C=O) groups excluding carboxylic acids is 2. The van der Waals surface area contributed by atoms with E-state index in [-0.39, 0.29) is 29.5 Å². The number of carboxylic acids is 1. The Balaban J connectivity index is 1.71. The zero-order chi connectivity index (χ0) is 18.7. The minimum atomic E-state index is -1.14. The van der Waals surface area contributed by atoms with E-state index in [1.165, 1.54) is 17.2 Å². The second kappa shape index (κ2) is 7.47. The maximum Gasteiger partial charge on any atom is 0.339 e. The molecule has 3 rings (SSSR count).